The Morgan fingerprint density at radius 1 is 1.67 bits per heavy atom. The van der Waals surface area contributed by atoms with Crippen LogP contribution in [0.1, 0.15) is 6.92 Å². The average molecular weight is 214 g/mol. The molecule has 0 aliphatic heterocycles. The first kappa shape index (κ1) is 12.0. The van der Waals surface area contributed by atoms with E-state index < -0.39 is 5.97 Å². The third-order valence-corrected chi connectivity index (χ3v) is 1.58. The predicted octanol–water partition coefficient (Wildman–Crippen LogP) is 1.24. The van der Waals surface area contributed by atoms with Crippen molar-refractivity contribution in [1.82, 2.24) is 4.90 Å². The molecule has 0 saturated heterocycles. The van der Waals surface area contributed by atoms with Gasteiger partial charge in [0.1, 0.15) is 0 Å². The molecule has 0 rings (SSSR count). The largest absolute Gasteiger partial charge is 0.480 e. The molecule has 0 fully saturated rings. The van der Waals surface area contributed by atoms with Crippen LogP contribution in [0.4, 0.5) is 0 Å². The molecule has 0 heterocycles. The number of carbonyl (C=O) groups is 1. The number of aliphatic carboxylic acids is 1. The first-order valence-electron chi connectivity index (χ1n) is 3.70. The normalized spacial score (nSPS) is 13.3. The molecule has 1 atom stereocenters. The van der Waals surface area contributed by atoms with Crippen LogP contribution in [0.5, 0.6) is 0 Å². The van der Waals surface area contributed by atoms with Gasteiger partial charge in [-0.15, -0.1) is 23.2 Å². The highest BCUT2D eigenvalue weighted by Crippen LogP contribution is 1.99. The zero-order valence-corrected chi connectivity index (χ0v) is 8.48. The molecule has 0 aromatic rings. The monoisotopic (exact) mass is 213 g/mol. The summed E-state index contributed by atoms with van der Waals surface area (Å²) in [6, 6.07) is 0. The molecule has 12 heavy (non-hydrogen) atoms. The molecule has 1 unspecified atom stereocenters. The first-order chi connectivity index (χ1) is 5.56. The lowest BCUT2D eigenvalue weighted by atomic mass is 10.4. The number of carboxylic acids is 1. The molecule has 0 aromatic carbocycles. The van der Waals surface area contributed by atoms with Crippen LogP contribution in [0.25, 0.3) is 0 Å². The van der Waals surface area contributed by atoms with Crippen molar-refractivity contribution in [2.24, 2.45) is 0 Å². The Bertz CT molecular complexity index is 141. The lowest BCUT2D eigenvalue weighted by Gasteiger charge is -2.19. The van der Waals surface area contributed by atoms with Crippen molar-refractivity contribution in [3.63, 3.8) is 0 Å². The second kappa shape index (κ2) is 6.52. The van der Waals surface area contributed by atoms with E-state index in [1.807, 2.05) is 6.92 Å². The van der Waals surface area contributed by atoms with E-state index >= 15 is 0 Å². The molecular weight excluding hydrogens is 201 g/mol. The topological polar surface area (TPSA) is 40.5 Å². The van der Waals surface area contributed by atoms with Crippen molar-refractivity contribution >= 4 is 29.2 Å². The van der Waals surface area contributed by atoms with Crippen molar-refractivity contribution in [2.45, 2.75) is 12.3 Å². The molecule has 1 N–H and O–H groups in total. The van der Waals surface area contributed by atoms with Gasteiger partial charge in [-0.3, -0.25) is 9.69 Å². The molecule has 0 saturated carbocycles. The first-order valence-corrected chi connectivity index (χ1v) is 4.67. The number of alkyl halides is 2. The minimum atomic E-state index is -0.850. The van der Waals surface area contributed by atoms with Crippen LogP contribution in [0, 0.1) is 0 Å². The fourth-order valence-electron chi connectivity index (χ4n) is 0.901. The van der Waals surface area contributed by atoms with Crippen molar-refractivity contribution in [3.8, 4) is 0 Å². The number of hydrogen-bond donors (Lipinski definition) is 1. The van der Waals surface area contributed by atoms with Crippen molar-refractivity contribution < 1.29 is 9.90 Å². The molecule has 3 nitrogen and oxygen atoms in total. The van der Waals surface area contributed by atoms with Gasteiger partial charge in [0.05, 0.1) is 6.54 Å². The van der Waals surface area contributed by atoms with Crippen LogP contribution in [0.3, 0.4) is 0 Å². The Labute approximate surface area is 82.3 Å². The molecule has 0 aromatic heterocycles. The molecular formula is C7H13Cl2NO2. The Balaban J connectivity index is 3.77. The minimum Gasteiger partial charge on any atom is -0.480 e. The zero-order chi connectivity index (χ0) is 9.56. The second-order valence-corrected chi connectivity index (χ2v) is 3.72. The van der Waals surface area contributed by atoms with E-state index in [4.69, 9.17) is 28.3 Å². The van der Waals surface area contributed by atoms with Gasteiger partial charge in [0.2, 0.25) is 0 Å². The average Bonchev–Trinajstić information content (AvgIpc) is 1.84. The summed E-state index contributed by atoms with van der Waals surface area (Å²) in [6.07, 6.45) is 0. The lowest BCUT2D eigenvalue weighted by Crippen LogP contribution is -2.35. The summed E-state index contributed by atoms with van der Waals surface area (Å²) in [5.41, 5.74) is 0. The number of nitrogens with zero attached hydrogens (tertiary/aromatic N) is 1. The summed E-state index contributed by atoms with van der Waals surface area (Å²) in [4.78, 5) is 12.1. The number of hydrogen-bond acceptors (Lipinski definition) is 2. The van der Waals surface area contributed by atoms with E-state index in [1.165, 1.54) is 0 Å². The summed E-state index contributed by atoms with van der Waals surface area (Å²) in [6.45, 7) is 2.94. The Morgan fingerprint density at radius 2 is 2.25 bits per heavy atom. The highest BCUT2D eigenvalue weighted by Gasteiger charge is 2.10. The summed E-state index contributed by atoms with van der Waals surface area (Å²) in [5.74, 6) is -0.422. The minimum absolute atomic E-state index is 0.00375. The molecule has 0 aliphatic rings. The SMILES string of the molecule is CC(Cl)CN(CCCl)CC(=O)O. The molecule has 0 bridgehead atoms. The van der Waals surface area contributed by atoms with Gasteiger partial charge >= 0.3 is 5.97 Å². The predicted molar refractivity (Wildman–Crippen MR) is 50.1 cm³/mol. The third kappa shape index (κ3) is 6.70. The van der Waals surface area contributed by atoms with Gasteiger partial charge in [-0.2, -0.15) is 0 Å². The number of halogens is 2. The van der Waals surface area contributed by atoms with E-state index in [2.05, 4.69) is 0 Å². The van der Waals surface area contributed by atoms with Crippen molar-refractivity contribution in [2.75, 3.05) is 25.5 Å². The maximum atomic E-state index is 10.3. The van der Waals surface area contributed by atoms with Crippen LogP contribution in [-0.2, 0) is 4.79 Å². The Hall–Kier alpha value is 0.01000. The molecule has 0 radical (unpaired) electrons. The highest BCUT2D eigenvalue weighted by atomic mass is 35.5. The zero-order valence-electron chi connectivity index (χ0n) is 6.96. The second-order valence-electron chi connectivity index (χ2n) is 2.60. The van der Waals surface area contributed by atoms with Gasteiger partial charge in [-0.1, -0.05) is 0 Å². The van der Waals surface area contributed by atoms with Gasteiger partial charge in [0.25, 0.3) is 0 Å². The van der Waals surface area contributed by atoms with E-state index in [-0.39, 0.29) is 11.9 Å². The van der Waals surface area contributed by atoms with E-state index in [0.29, 0.717) is 19.0 Å². The van der Waals surface area contributed by atoms with Gasteiger partial charge < -0.3 is 5.11 Å². The summed E-state index contributed by atoms with van der Waals surface area (Å²) in [5, 5.41) is 8.45. The fraction of sp³-hybridized carbons (Fsp3) is 0.857. The smallest absolute Gasteiger partial charge is 0.317 e. The van der Waals surface area contributed by atoms with Crippen LogP contribution < -0.4 is 0 Å². The van der Waals surface area contributed by atoms with E-state index in [1.54, 1.807) is 4.90 Å². The Morgan fingerprint density at radius 3 is 2.58 bits per heavy atom. The Kier molecular flexibility index (Phi) is 6.52. The highest BCUT2D eigenvalue weighted by molar-refractivity contribution is 6.20. The third-order valence-electron chi connectivity index (χ3n) is 1.27. The summed E-state index contributed by atoms with van der Waals surface area (Å²) >= 11 is 11.2. The molecule has 0 aliphatic carbocycles. The molecule has 0 amide bonds. The van der Waals surface area contributed by atoms with Crippen molar-refractivity contribution in [3.05, 3.63) is 0 Å². The maximum Gasteiger partial charge on any atom is 0.317 e. The van der Waals surface area contributed by atoms with E-state index in [0.717, 1.165) is 0 Å². The van der Waals surface area contributed by atoms with Crippen LogP contribution in [-0.4, -0.2) is 46.9 Å². The van der Waals surface area contributed by atoms with Crippen LogP contribution >= 0.6 is 23.2 Å². The molecule has 0 spiro atoms. The molecule has 5 heteroatoms. The van der Waals surface area contributed by atoms with E-state index in [9.17, 15) is 4.79 Å². The summed E-state index contributed by atoms with van der Waals surface area (Å²) in [7, 11) is 0. The van der Waals surface area contributed by atoms with Crippen LogP contribution in [0.15, 0.2) is 0 Å². The number of carboxylic acid groups (broad SMARTS) is 1. The van der Waals surface area contributed by atoms with Gasteiger partial charge in [-0.05, 0) is 6.92 Å². The standard InChI is InChI=1S/C7H13Cl2NO2/c1-6(9)4-10(3-2-8)5-7(11)12/h6H,2-5H2,1H3,(H,11,12). The number of rotatable bonds is 6. The quantitative estimate of drug-likeness (QED) is 0.676. The lowest BCUT2D eigenvalue weighted by molar-refractivity contribution is -0.138. The van der Waals surface area contributed by atoms with Gasteiger partial charge in [-0.25, -0.2) is 0 Å². The van der Waals surface area contributed by atoms with Crippen molar-refractivity contribution in [1.29, 1.82) is 0 Å². The molecule has 72 valence electrons. The van der Waals surface area contributed by atoms with Gasteiger partial charge in [0, 0.05) is 24.3 Å². The van der Waals surface area contributed by atoms with Crippen LogP contribution in [0.2, 0.25) is 0 Å². The van der Waals surface area contributed by atoms with Gasteiger partial charge in [0.15, 0.2) is 0 Å². The summed E-state index contributed by atoms with van der Waals surface area (Å²) < 4.78 is 0. The maximum absolute atomic E-state index is 10.3. The fourth-order valence-corrected chi connectivity index (χ4v) is 1.34.